The van der Waals surface area contributed by atoms with Gasteiger partial charge in [0.05, 0.1) is 16.6 Å². The second kappa shape index (κ2) is 5.29. The van der Waals surface area contributed by atoms with Crippen molar-refractivity contribution in [2.24, 2.45) is 7.05 Å². The van der Waals surface area contributed by atoms with Crippen LogP contribution in [0.2, 0.25) is 0 Å². The number of nitrogens with zero attached hydrogens (tertiary/aromatic N) is 3. The molecule has 6 rings (SSSR count). The van der Waals surface area contributed by atoms with Crippen LogP contribution in [-0.2, 0) is 7.05 Å². The fourth-order valence-electron chi connectivity index (χ4n) is 4.96. The molecule has 0 atom stereocenters. The Bertz CT molecular complexity index is 1540. The van der Waals surface area contributed by atoms with E-state index < -0.39 is 0 Å². The van der Waals surface area contributed by atoms with Crippen molar-refractivity contribution in [1.29, 1.82) is 0 Å². The number of rotatable bonds is 1. The summed E-state index contributed by atoms with van der Waals surface area (Å²) < 4.78 is 4.72. The minimum absolute atomic E-state index is 1.03. The summed E-state index contributed by atoms with van der Waals surface area (Å²) in [6.07, 6.45) is 0. The predicted molar refractivity (Wildman–Crippen MR) is 115 cm³/mol. The van der Waals surface area contributed by atoms with Gasteiger partial charge in [-0.25, -0.2) is 4.98 Å². The summed E-state index contributed by atoms with van der Waals surface area (Å²) in [6, 6.07) is 23.7. The fourth-order valence-corrected chi connectivity index (χ4v) is 4.96. The minimum Gasteiger partial charge on any atom is -0.312 e. The van der Waals surface area contributed by atoms with Crippen LogP contribution in [-0.4, -0.2) is 9.38 Å². The molecule has 28 heavy (non-hydrogen) atoms. The molecule has 0 saturated heterocycles. The highest BCUT2D eigenvalue weighted by atomic mass is 15.0. The topological polar surface area (TPSA) is 21.2 Å². The lowest BCUT2D eigenvalue weighted by atomic mass is 10.0. The van der Waals surface area contributed by atoms with E-state index in [1.807, 2.05) is 6.07 Å². The molecular formula is C25H20N3+. The van der Waals surface area contributed by atoms with E-state index >= 15 is 0 Å². The maximum atomic E-state index is 4.92. The van der Waals surface area contributed by atoms with Gasteiger partial charge in [-0.05, 0) is 26.0 Å². The lowest BCUT2D eigenvalue weighted by Crippen LogP contribution is -2.34. The van der Waals surface area contributed by atoms with Gasteiger partial charge in [0.25, 0.3) is 0 Å². The average molecular weight is 362 g/mol. The zero-order chi connectivity index (χ0) is 19.0. The maximum absolute atomic E-state index is 4.92. The second-order valence-corrected chi connectivity index (χ2v) is 7.61. The van der Waals surface area contributed by atoms with E-state index in [-0.39, 0.29) is 0 Å². The van der Waals surface area contributed by atoms with Gasteiger partial charge in [0.15, 0.2) is 0 Å². The van der Waals surface area contributed by atoms with Crippen LogP contribution in [0.4, 0.5) is 0 Å². The highest BCUT2D eigenvalue weighted by Crippen LogP contribution is 2.41. The van der Waals surface area contributed by atoms with Crippen molar-refractivity contribution in [2.75, 3.05) is 0 Å². The molecule has 3 aromatic carbocycles. The van der Waals surface area contributed by atoms with Crippen molar-refractivity contribution >= 4 is 38.2 Å². The number of aryl methyl sites for hydroxylation is 3. The highest BCUT2D eigenvalue weighted by Gasteiger charge is 2.27. The first-order chi connectivity index (χ1) is 13.7. The van der Waals surface area contributed by atoms with Crippen LogP contribution in [0.5, 0.6) is 0 Å². The van der Waals surface area contributed by atoms with E-state index in [2.05, 4.69) is 90.5 Å². The normalized spacial score (nSPS) is 12.1. The third kappa shape index (κ3) is 1.79. The van der Waals surface area contributed by atoms with E-state index in [1.54, 1.807) is 0 Å². The van der Waals surface area contributed by atoms with Gasteiger partial charge >= 0.3 is 0 Å². The lowest BCUT2D eigenvalue weighted by molar-refractivity contribution is -0.634. The van der Waals surface area contributed by atoms with Gasteiger partial charge in [-0.1, -0.05) is 48.5 Å². The highest BCUT2D eigenvalue weighted by molar-refractivity contribution is 6.18. The van der Waals surface area contributed by atoms with E-state index in [0.29, 0.717) is 0 Å². The molecule has 0 N–H and O–H groups in total. The summed E-state index contributed by atoms with van der Waals surface area (Å²) in [7, 11) is 2.15. The van der Waals surface area contributed by atoms with Crippen LogP contribution in [0.3, 0.4) is 0 Å². The molecule has 3 heteroatoms. The Kier molecular flexibility index (Phi) is 2.95. The van der Waals surface area contributed by atoms with Crippen molar-refractivity contribution in [3.05, 3.63) is 78.1 Å². The molecule has 3 nitrogen and oxygen atoms in total. The number of para-hydroxylation sites is 4. The molecule has 0 spiro atoms. The molecule has 0 bridgehead atoms. The third-order valence-corrected chi connectivity index (χ3v) is 6.11. The first-order valence-corrected chi connectivity index (χ1v) is 9.66. The van der Waals surface area contributed by atoms with E-state index in [4.69, 9.17) is 4.98 Å². The summed E-state index contributed by atoms with van der Waals surface area (Å²) in [4.78, 5) is 4.92. The Labute approximate surface area is 162 Å². The molecule has 0 radical (unpaired) electrons. The molecule has 3 heterocycles. The summed E-state index contributed by atoms with van der Waals surface area (Å²) in [5, 5.41) is 3.92. The van der Waals surface area contributed by atoms with E-state index in [0.717, 1.165) is 16.7 Å². The molecule has 0 aliphatic heterocycles. The monoisotopic (exact) mass is 362 g/mol. The van der Waals surface area contributed by atoms with Crippen LogP contribution >= 0.6 is 0 Å². The molecule has 0 saturated carbocycles. The third-order valence-electron chi connectivity index (χ3n) is 6.11. The summed E-state index contributed by atoms with van der Waals surface area (Å²) in [5.41, 5.74) is 9.56. The largest absolute Gasteiger partial charge is 0.312 e. The van der Waals surface area contributed by atoms with Gasteiger partial charge in [-0.15, -0.1) is 0 Å². The average Bonchev–Trinajstić information content (AvgIpc) is 3.20. The summed E-state index contributed by atoms with van der Waals surface area (Å²) in [5.74, 6) is 0. The molecule has 0 fully saturated rings. The van der Waals surface area contributed by atoms with Gasteiger partial charge in [0.2, 0.25) is 11.2 Å². The van der Waals surface area contributed by atoms with Crippen LogP contribution in [0.15, 0.2) is 66.7 Å². The summed E-state index contributed by atoms with van der Waals surface area (Å²) in [6.45, 7) is 4.35. The zero-order valence-electron chi connectivity index (χ0n) is 16.2. The van der Waals surface area contributed by atoms with Crippen LogP contribution in [0, 0.1) is 13.8 Å². The van der Waals surface area contributed by atoms with E-state index in [1.165, 1.54) is 44.1 Å². The molecule has 0 aliphatic rings. The molecule has 0 unspecified atom stereocenters. The lowest BCUT2D eigenvalue weighted by Gasteiger charge is -2.08. The molecule has 134 valence electrons. The van der Waals surface area contributed by atoms with Crippen LogP contribution in [0.25, 0.3) is 49.5 Å². The maximum Gasteiger partial charge on any atom is 0.236 e. The standard InChI is InChI=1S/C25H20N3/c1-15-24(27(3)22-14-7-5-12-20(22)26-15)23-16(2)28-21-13-6-4-9-17(21)18-10-8-11-19(23)25(18)28/h4-14H,1-3H3/q+1. The summed E-state index contributed by atoms with van der Waals surface area (Å²) >= 11 is 0. The number of hydrogen-bond acceptors (Lipinski definition) is 1. The Morgan fingerprint density at radius 1 is 0.786 bits per heavy atom. The number of hydrogen-bond donors (Lipinski definition) is 0. The number of aromatic nitrogens is 3. The van der Waals surface area contributed by atoms with E-state index in [9.17, 15) is 0 Å². The van der Waals surface area contributed by atoms with Crippen molar-refractivity contribution in [2.45, 2.75) is 13.8 Å². The van der Waals surface area contributed by atoms with Crippen molar-refractivity contribution < 1.29 is 4.57 Å². The Hall–Kier alpha value is -3.46. The molecule has 6 aromatic rings. The Morgan fingerprint density at radius 3 is 2.39 bits per heavy atom. The fraction of sp³-hybridized carbons (Fsp3) is 0.120. The van der Waals surface area contributed by atoms with Crippen molar-refractivity contribution in [1.82, 2.24) is 9.38 Å². The number of benzene rings is 3. The van der Waals surface area contributed by atoms with Gasteiger partial charge < -0.3 is 4.40 Å². The molecule has 3 aromatic heterocycles. The molecule has 0 aliphatic carbocycles. The zero-order valence-corrected chi connectivity index (χ0v) is 16.2. The smallest absolute Gasteiger partial charge is 0.236 e. The second-order valence-electron chi connectivity index (χ2n) is 7.61. The van der Waals surface area contributed by atoms with Gasteiger partial charge in [0.1, 0.15) is 18.3 Å². The molecular weight excluding hydrogens is 342 g/mol. The van der Waals surface area contributed by atoms with Gasteiger partial charge in [-0.3, -0.25) is 0 Å². The Balaban J connectivity index is 1.84. The van der Waals surface area contributed by atoms with Gasteiger partial charge in [-0.2, -0.15) is 4.57 Å². The quantitative estimate of drug-likeness (QED) is 0.362. The van der Waals surface area contributed by atoms with Crippen LogP contribution in [0.1, 0.15) is 11.4 Å². The van der Waals surface area contributed by atoms with Crippen molar-refractivity contribution in [3.8, 4) is 11.3 Å². The number of fused-ring (bicyclic) bond motifs is 4. The first-order valence-electron chi connectivity index (χ1n) is 9.66. The van der Waals surface area contributed by atoms with Crippen molar-refractivity contribution in [3.63, 3.8) is 0 Å². The van der Waals surface area contributed by atoms with Crippen LogP contribution < -0.4 is 4.57 Å². The van der Waals surface area contributed by atoms with Gasteiger partial charge in [0, 0.05) is 27.9 Å². The molecule has 0 amide bonds. The Morgan fingerprint density at radius 2 is 1.50 bits per heavy atom. The SMILES string of the molecule is Cc1nc2ccccc2[n+](C)c1-c1c(C)n2c3ccccc3c3cccc1c32. The predicted octanol–water partition coefficient (Wildman–Crippen LogP) is 5.34. The first kappa shape index (κ1) is 15.6. The minimum atomic E-state index is 1.03.